The molecule has 3 heteroatoms. The van der Waals surface area contributed by atoms with Crippen LogP contribution in [0.25, 0.3) is 0 Å². The maximum absolute atomic E-state index is 9.03. The van der Waals surface area contributed by atoms with Gasteiger partial charge in [0.25, 0.3) is 0 Å². The van der Waals surface area contributed by atoms with Gasteiger partial charge in [-0.25, -0.2) is 0 Å². The lowest BCUT2D eigenvalue weighted by Crippen LogP contribution is -2.18. The topological polar surface area (TPSA) is 60.7 Å². The number of aliphatic hydroxyl groups is 3. The molecule has 0 aromatic heterocycles. The minimum atomic E-state index is -0.542. The molecule has 0 aliphatic heterocycles. The standard InChI is InChI=1S/C7H16O.C5H12O2.C5H12/c1-4-7(8)5-6(2)3;1-4(2)5(7)3-6;1-4-5(2)3/h6-8H,4-5H2,1-3H3;4-7H,3H2,1-2H3;5H,4H2,1-3H3. The van der Waals surface area contributed by atoms with E-state index in [1.54, 1.807) is 0 Å². The summed E-state index contributed by atoms with van der Waals surface area (Å²) in [6.45, 7) is 16.5. The molecule has 0 aliphatic carbocycles. The highest BCUT2D eigenvalue weighted by Gasteiger charge is 2.04. The first kappa shape index (κ1) is 24.9. The second-order valence-electron chi connectivity index (χ2n) is 6.49. The Morgan fingerprint density at radius 1 is 0.750 bits per heavy atom. The number of aliphatic hydroxyl groups excluding tert-OH is 3. The van der Waals surface area contributed by atoms with Crippen molar-refractivity contribution in [2.75, 3.05) is 6.61 Å². The van der Waals surface area contributed by atoms with E-state index in [9.17, 15) is 0 Å². The zero-order valence-electron chi connectivity index (χ0n) is 15.1. The smallest absolute Gasteiger partial charge is 0.0793 e. The molecule has 126 valence electrons. The maximum Gasteiger partial charge on any atom is 0.0793 e. The summed E-state index contributed by atoms with van der Waals surface area (Å²) in [6, 6.07) is 0. The summed E-state index contributed by atoms with van der Waals surface area (Å²) < 4.78 is 0. The number of hydrogen-bond acceptors (Lipinski definition) is 3. The van der Waals surface area contributed by atoms with Gasteiger partial charge in [0, 0.05) is 0 Å². The van der Waals surface area contributed by atoms with Gasteiger partial charge in [-0.3, -0.25) is 0 Å². The minimum absolute atomic E-state index is 0.0741. The zero-order valence-corrected chi connectivity index (χ0v) is 15.1. The molecule has 0 aliphatic rings. The van der Waals surface area contributed by atoms with E-state index in [0.717, 1.165) is 18.8 Å². The van der Waals surface area contributed by atoms with Gasteiger partial charge in [-0.1, -0.05) is 61.8 Å². The molecule has 0 amide bonds. The average molecular weight is 293 g/mol. The van der Waals surface area contributed by atoms with Gasteiger partial charge in [0.05, 0.1) is 18.8 Å². The molecule has 0 radical (unpaired) electrons. The summed E-state index contributed by atoms with van der Waals surface area (Å²) in [7, 11) is 0. The molecule has 0 bridgehead atoms. The third-order valence-electron chi connectivity index (χ3n) is 2.99. The van der Waals surface area contributed by atoms with Crippen molar-refractivity contribution in [3.8, 4) is 0 Å². The Balaban J connectivity index is -0.000000223. The van der Waals surface area contributed by atoms with Crippen molar-refractivity contribution in [1.29, 1.82) is 0 Å². The fourth-order valence-electron chi connectivity index (χ4n) is 0.922. The minimum Gasteiger partial charge on any atom is -0.394 e. The molecule has 0 heterocycles. The maximum atomic E-state index is 9.03. The van der Waals surface area contributed by atoms with Crippen LogP contribution >= 0.6 is 0 Å². The second-order valence-corrected chi connectivity index (χ2v) is 6.49. The van der Waals surface area contributed by atoms with Crippen molar-refractivity contribution in [3.63, 3.8) is 0 Å². The Labute approximate surface area is 127 Å². The summed E-state index contributed by atoms with van der Waals surface area (Å²) in [5, 5.41) is 26.0. The summed E-state index contributed by atoms with van der Waals surface area (Å²) in [4.78, 5) is 0. The molecule has 0 spiro atoms. The molecule has 3 N–H and O–H groups in total. The molecule has 3 nitrogen and oxygen atoms in total. The van der Waals surface area contributed by atoms with Gasteiger partial charge in [0.2, 0.25) is 0 Å². The van der Waals surface area contributed by atoms with Crippen LogP contribution in [0.2, 0.25) is 0 Å². The van der Waals surface area contributed by atoms with Gasteiger partial charge in [-0.2, -0.15) is 0 Å². The molecule has 0 fully saturated rings. The molecular weight excluding hydrogens is 252 g/mol. The predicted octanol–water partition coefficient (Wildman–Crippen LogP) is 3.85. The second kappa shape index (κ2) is 16.9. The van der Waals surface area contributed by atoms with Crippen LogP contribution in [-0.2, 0) is 0 Å². The highest BCUT2D eigenvalue weighted by atomic mass is 16.3. The van der Waals surface area contributed by atoms with E-state index in [-0.39, 0.29) is 18.6 Å². The van der Waals surface area contributed by atoms with E-state index in [4.69, 9.17) is 15.3 Å². The molecular formula is C17H40O3. The van der Waals surface area contributed by atoms with Gasteiger partial charge in [0.15, 0.2) is 0 Å². The average Bonchev–Trinajstić information content (AvgIpc) is 2.38. The van der Waals surface area contributed by atoms with Crippen molar-refractivity contribution in [1.82, 2.24) is 0 Å². The van der Waals surface area contributed by atoms with Crippen molar-refractivity contribution >= 4 is 0 Å². The summed E-state index contributed by atoms with van der Waals surface area (Å²) >= 11 is 0. The van der Waals surface area contributed by atoms with Gasteiger partial charge in [0.1, 0.15) is 0 Å². The van der Waals surface area contributed by atoms with Gasteiger partial charge in [-0.05, 0) is 30.6 Å². The largest absolute Gasteiger partial charge is 0.394 e. The fraction of sp³-hybridized carbons (Fsp3) is 1.00. The molecule has 0 saturated heterocycles. The van der Waals surface area contributed by atoms with Crippen LogP contribution in [0.1, 0.15) is 74.7 Å². The van der Waals surface area contributed by atoms with Crippen molar-refractivity contribution < 1.29 is 15.3 Å². The van der Waals surface area contributed by atoms with E-state index < -0.39 is 6.10 Å². The number of hydrogen-bond donors (Lipinski definition) is 3. The van der Waals surface area contributed by atoms with E-state index in [0.29, 0.717) is 5.92 Å². The Kier molecular flexibility index (Phi) is 21.1. The van der Waals surface area contributed by atoms with Crippen LogP contribution in [0.5, 0.6) is 0 Å². The van der Waals surface area contributed by atoms with Crippen molar-refractivity contribution in [2.45, 2.75) is 86.9 Å². The first-order valence-electron chi connectivity index (χ1n) is 8.09. The highest BCUT2D eigenvalue weighted by Crippen LogP contribution is 2.05. The van der Waals surface area contributed by atoms with Crippen LogP contribution in [0, 0.1) is 17.8 Å². The summed E-state index contributed by atoms with van der Waals surface area (Å²) in [5.74, 6) is 1.69. The van der Waals surface area contributed by atoms with Gasteiger partial charge < -0.3 is 15.3 Å². The third-order valence-corrected chi connectivity index (χ3v) is 2.99. The molecule has 2 atom stereocenters. The molecule has 0 saturated carbocycles. The fourth-order valence-corrected chi connectivity index (χ4v) is 0.922. The van der Waals surface area contributed by atoms with E-state index >= 15 is 0 Å². The first-order chi connectivity index (χ1) is 9.11. The van der Waals surface area contributed by atoms with E-state index in [2.05, 4.69) is 34.6 Å². The predicted molar refractivity (Wildman–Crippen MR) is 88.8 cm³/mol. The van der Waals surface area contributed by atoms with Crippen molar-refractivity contribution in [3.05, 3.63) is 0 Å². The lowest BCUT2D eigenvalue weighted by atomic mass is 10.0. The lowest BCUT2D eigenvalue weighted by Gasteiger charge is -2.08. The SMILES string of the molecule is CC(C)C(O)CO.CCC(C)C.CCC(O)CC(C)C. The Morgan fingerprint density at radius 3 is 1.20 bits per heavy atom. The van der Waals surface area contributed by atoms with Crippen LogP contribution in [0.3, 0.4) is 0 Å². The quantitative estimate of drug-likeness (QED) is 0.697. The van der Waals surface area contributed by atoms with Crippen LogP contribution in [0.15, 0.2) is 0 Å². The Bertz CT molecular complexity index is 168. The lowest BCUT2D eigenvalue weighted by molar-refractivity contribution is 0.0597. The van der Waals surface area contributed by atoms with E-state index in [1.807, 2.05) is 20.8 Å². The third kappa shape index (κ3) is 26.4. The van der Waals surface area contributed by atoms with Crippen LogP contribution < -0.4 is 0 Å². The van der Waals surface area contributed by atoms with Crippen LogP contribution in [0.4, 0.5) is 0 Å². The molecule has 0 aromatic carbocycles. The van der Waals surface area contributed by atoms with Gasteiger partial charge >= 0.3 is 0 Å². The summed E-state index contributed by atoms with van der Waals surface area (Å²) in [5.41, 5.74) is 0. The zero-order chi connectivity index (χ0) is 16.7. The molecule has 20 heavy (non-hydrogen) atoms. The summed E-state index contributed by atoms with van der Waals surface area (Å²) in [6.07, 6.45) is 2.52. The molecule has 0 aromatic rings. The van der Waals surface area contributed by atoms with Crippen molar-refractivity contribution in [2.24, 2.45) is 17.8 Å². The van der Waals surface area contributed by atoms with E-state index in [1.165, 1.54) is 6.42 Å². The van der Waals surface area contributed by atoms with Crippen LogP contribution in [-0.4, -0.2) is 34.1 Å². The first-order valence-corrected chi connectivity index (χ1v) is 8.09. The normalized spacial score (nSPS) is 13.5. The molecule has 0 rings (SSSR count). The Morgan fingerprint density at radius 2 is 1.15 bits per heavy atom. The Hall–Kier alpha value is -0.120. The monoisotopic (exact) mass is 292 g/mol. The number of rotatable bonds is 6. The molecule has 2 unspecified atom stereocenters. The van der Waals surface area contributed by atoms with Gasteiger partial charge in [-0.15, -0.1) is 0 Å². The highest BCUT2D eigenvalue weighted by molar-refractivity contribution is 4.55.